The van der Waals surface area contributed by atoms with Gasteiger partial charge in [-0.25, -0.2) is 0 Å². The third-order valence-corrected chi connectivity index (χ3v) is 1.49. The van der Waals surface area contributed by atoms with Crippen LogP contribution in [0, 0.1) is 0 Å². The van der Waals surface area contributed by atoms with Crippen molar-refractivity contribution in [3.05, 3.63) is 0 Å². The Bertz CT molecular complexity index is 244. The fourth-order valence-corrected chi connectivity index (χ4v) is 0.920. The van der Waals surface area contributed by atoms with Gasteiger partial charge in [0, 0.05) is 13.1 Å². The molecule has 0 aromatic rings. The first-order valence-corrected chi connectivity index (χ1v) is 6.77. The van der Waals surface area contributed by atoms with E-state index in [2.05, 4.69) is 4.90 Å². The van der Waals surface area contributed by atoms with Crippen molar-refractivity contribution in [1.29, 1.82) is 0 Å². The summed E-state index contributed by atoms with van der Waals surface area (Å²) in [4.78, 5) is 4.08. The van der Waals surface area contributed by atoms with Crippen molar-refractivity contribution < 1.29 is 18.1 Å². The van der Waals surface area contributed by atoms with E-state index in [4.69, 9.17) is 4.55 Å². The summed E-state index contributed by atoms with van der Waals surface area (Å²) in [5.41, 5.74) is 0. The molecule has 0 saturated carbocycles. The molecule has 1 unspecified atom stereocenters. The van der Waals surface area contributed by atoms with Gasteiger partial charge in [-0.1, -0.05) is 0 Å². The van der Waals surface area contributed by atoms with E-state index in [0.717, 1.165) is 19.5 Å². The zero-order valence-electron chi connectivity index (χ0n) is 10.7. The number of aliphatic hydroxyl groups excluding tert-OH is 1. The van der Waals surface area contributed by atoms with Gasteiger partial charge in [0.05, 0.1) is 12.4 Å². The van der Waals surface area contributed by atoms with Gasteiger partial charge in [-0.15, -0.1) is 0 Å². The van der Waals surface area contributed by atoms with Crippen molar-refractivity contribution in [1.82, 2.24) is 9.80 Å². The molecule has 0 aromatic carbocycles. The summed E-state index contributed by atoms with van der Waals surface area (Å²) in [6.07, 6.45) is 1.38. The van der Waals surface area contributed by atoms with E-state index in [1.165, 1.54) is 0 Å². The van der Waals surface area contributed by atoms with Crippen LogP contribution < -0.4 is 0 Å². The molecule has 0 rings (SSSR count). The second kappa shape index (κ2) is 8.89. The van der Waals surface area contributed by atoms with E-state index < -0.39 is 10.1 Å². The molecule has 0 saturated heterocycles. The molecule has 0 spiro atoms. The van der Waals surface area contributed by atoms with Gasteiger partial charge in [-0.3, -0.25) is 4.55 Å². The van der Waals surface area contributed by atoms with Crippen LogP contribution in [-0.4, -0.2) is 81.5 Å². The molecule has 0 aliphatic carbocycles. The molecular formula is C9H24N2O4S. The predicted octanol–water partition coefficient (Wildman–Crippen LogP) is -0.635. The van der Waals surface area contributed by atoms with E-state index in [1.807, 2.05) is 33.1 Å². The lowest BCUT2D eigenvalue weighted by Gasteiger charge is -2.17. The molecule has 0 radical (unpaired) electrons. The average Bonchev–Trinajstić information content (AvgIpc) is 1.96. The monoisotopic (exact) mass is 256 g/mol. The normalized spacial score (nSPS) is 13.6. The SMILES string of the molecule is CN(C)CCC(O)CN(C)C.CS(=O)(=O)O. The molecule has 0 fully saturated rings. The summed E-state index contributed by atoms with van der Waals surface area (Å²) in [5, 5.41) is 9.40. The summed E-state index contributed by atoms with van der Waals surface area (Å²) in [6.45, 7) is 1.71. The third-order valence-electron chi connectivity index (χ3n) is 1.49. The van der Waals surface area contributed by atoms with Crippen LogP contribution in [0.5, 0.6) is 0 Å². The fraction of sp³-hybridized carbons (Fsp3) is 1.00. The maximum absolute atomic E-state index is 9.40. The largest absolute Gasteiger partial charge is 0.392 e. The van der Waals surface area contributed by atoms with Crippen LogP contribution in [-0.2, 0) is 10.1 Å². The number of hydrogen-bond donors (Lipinski definition) is 2. The number of likely N-dealkylation sites (N-methyl/N-ethyl adjacent to an activating group) is 1. The van der Waals surface area contributed by atoms with Gasteiger partial charge in [0.1, 0.15) is 0 Å². The van der Waals surface area contributed by atoms with Crippen LogP contribution in [0.2, 0.25) is 0 Å². The zero-order valence-corrected chi connectivity index (χ0v) is 11.5. The van der Waals surface area contributed by atoms with Crippen LogP contribution in [0.3, 0.4) is 0 Å². The molecule has 0 bridgehead atoms. The highest BCUT2D eigenvalue weighted by Crippen LogP contribution is 1.93. The topological polar surface area (TPSA) is 81.1 Å². The predicted molar refractivity (Wildman–Crippen MR) is 65.2 cm³/mol. The molecule has 0 aliphatic heterocycles. The summed E-state index contributed by atoms with van der Waals surface area (Å²) >= 11 is 0. The van der Waals surface area contributed by atoms with E-state index in [1.54, 1.807) is 0 Å². The zero-order chi connectivity index (χ0) is 13.4. The van der Waals surface area contributed by atoms with Gasteiger partial charge in [-0.2, -0.15) is 8.42 Å². The molecule has 7 heteroatoms. The minimum Gasteiger partial charge on any atom is -0.392 e. The Morgan fingerprint density at radius 2 is 1.50 bits per heavy atom. The van der Waals surface area contributed by atoms with Gasteiger partial charge < -0.3 is 14.9 Å². The molecule has 0 heterocycles. The molecule has 16 heavy (non-hydrogen) atoms. The van der Waals surface area contributed by atoms with Crippen LogP contribution in [0.15, 0.2) is 0 Å². The molecule has 6 nitrogen and oxygen atoms in total. The van der Waals surface area contributed by atoms with Crippen molar-refractivity contribution in [2.75, 3.05) is 47.5 Å². The maximum atomic E-state index is 9.40. The van der Waals surface area contributed by atoms with Crippen molar-refractivity contribution in [2.45, 2.75) is 12.5 Å². The Balaban J connectivity index is 0. The number of rotatable bonds is 5. The average molecular weight is 256 g/mol. The number of aliphatic hydroxyl groups is 1. The second-order valence-corrected chi connectivity index (χ2v) is 5.71. The molecule has 0 amide bonds. The van der Waals surface area contributed by atoms with Crippen LogP contribution in [0.25, 0.3) is 0 Å². The molecule has 100 valence electrons. The van der Waals surface area contributed by atoms with Crippen molar-refractivity contribution >= 4 is 10.1 Å². The molecule has 0 aliphatic rings. The van der Waals surface area contributed by atoms with E-state index in [0.29, 0.717) is 6.26 Å². The van der Waals surface area contributed by atoms with Crippen molar-refractivity contribution in [3.8, 4) is 0 Å². The minimum absolute atomic E-state index is 0.188. The first-order valence-electron chi connectivity index (χ1n) is 4.92. The van der Waals surface area contributed by atoms with Gasteiger partial charge in [0.2, 0.25) is 0 Å². The highest BCUT2D eigenvalue weighted by Gasteiger charge is 2.04. The van der Waals surface area contributed by atoms with Gasteiger partial charge >= 0.3 is 0 Å². The van der Waals surface area contributed by atoms with Crippen molar-refractivity contribution in [3.63, 3.8) is 0 Å². The molecule has 1 atom stereocenters. The highest BCUT2D eigenvalue weighted by molar-refractivity contribution is 7.85. The fourth-order valence-electron chi connectivity index (χ4n) is 0.920. The van der Waals surface area contributed by atoms with Gasteiger partial charge in [0.15, 0.2) is 0 Å². The van der Waals surface area contributed by atoms with E-state index >= 15 is 0 Å². The standard InChI is InChI=1S/C8H20N2O.CH4O3S/c1-9(2)6-5-8(11)7-10(3)4;1-5(2,3)4/h8,11H,5-7H2,1-4H3;1H3,(H,2,3,4). The Labute approximate surface area is 98.6 Å². The van der Waals surface area contributed by atoms with Crippen molar-refractivity contribution in [2.24, 2.45) is 0 Å². The van der Waals surface area contributed by atoms with E-state index in [-0.39, 0.29) is 6.10 Å². The molecule has 2 N–H and O–H groups in total. The summed E-state index contributed by atoms with van der Waals surface area (Å²) < 4.78 is 25.9. The second-order valence-electron chi connectivity index (χ2n) is 4.24. The summed E-state index contributed by atoms with van der Waals surface area (Å²) in [7, 11) is 4.31. The minimum atomic E-state index is -3.67. The Kier molecular flexibility index (Phi) is 10.1. The van der Waals surface area contributed by atoms with Gasteiger partial charge in [-0.05, 0) is 34.6 Å². The first kappa shape index (κ1) is 18.2. The Hall–Kier alpha value is -0.210. The van der Waals surface area contributed by atoms with Crippen LogP contribution in [0.4, 0.5) is 0 Å². The lowest BCUT2D eigenvalue weighted by atomic mass is 10.2. The first-order chi connectivity index (χ1) is 7.02. The quantitative estimate of drug-likeness (QED) is 0.637. The molecule has 0 aromatic heterocycles. The highest BCUT2D eigenvalue weighted by atomic mass is 32.2. The third kappa shape index (κ3) is 29.2. The number of hydrogen-bond acceptors (Lipinski definition) is 5. The van der Waals surface area contributed by atoms with E-state index in [9.17, 15) is 13.5 Å². The van der Waals surface area contributed by atoms with Crippen LogP contribution >= 0.6 is 0 Å². The Morgan fingerprint density at radius 3 is 1.75 bits per heavy atom. The molecular weight excluding hydrogens is 232 g/mol. The summed E-state index contributed by atoms with van der Waals surface area (Å²) in [5.74, 6) is 0. The lowest BCUT2D eigenvalue weighted by Crippen LogP contribution is -2.28. The Morgan fingerprint density at radius 1 is 1.12 bits per heavy atom. The maximum Gasteiger partial charge on any atom is 0.261 e. The smallest absolute Gasteiger partial charge is 0.261 e. The summed E-state index contributed by atoms with van der Waals surface area (Å²) in [6, 6.07) is 0. The van der Waals surface area contributed by atoms with Gasteiger partial charge in [0.25, 0.3) is 10.1 Å². The number of nitrogens with zero attached hydrogens (tertiary/aromatic N) is 2. The lowest BCUT2D eigenvalue weighted by molar-refractivity contribution is 0.119. The van der Waals surface area contributed by atoms with Crippen LogP contribution in [0.1, 0.15) is 6.42 Å².